The second kappa shape index (κ2) is 7.95. The quantitative estimate of drug-likeness (QED) is 0.402. The Balaban J connectivity index is 1.58. The minimum atomic E-state index is 0.393. The smallest absolute Gasteiger partial charge is 0.255 e. The maximum Gasteiger partial charge on any atom is 0.255 e. The molecule has 0 bridgehead atoms. The topological polar surface area (TPSA) is 55.5 Å². The highest BCUT2D eigenvalue weighted by molar-refractivity contribution is 6.33. The van der Waals surface area contributed by atoms with E-state index < -0.39 is 0 Å². The minimum Gasteiger partial charge on any atom is -0.457 e. The fourth-order valence-corrected chi connectivity index (χ4v) is 4.31. The molecule has 0 radical (unpaired) electrons. The molecule has 1 atom stereocenters. The lowest BCUT2D eigenvalue weighted by atomic mass is 10.0. The zero-order valence-electron chi connectivity index (χ0n) is 16.7. The number of benzene rings is 2. The normalized spacial score (nSPS) is 16.7. The molecule has 0 aliphatic carbocycles. The van der Waals surface area contributed by atoms with E-state index in [1.165, 1.54) is 12.7 Å². The van der Waals surface area contributed by atoms with E-state index in [0.29, 0.717) is 17.0 Å². The number of halogens is 1. The fraction of sp³-hybridized carbons (Fsp3) is 0.261. The van der Waals surface area contributed by atoms with Crippen molar-refractivity contribution >= 4 is 23.2 Å². The number of para-hydroxylation sites is 1. The molecular weight excluding hydrogens is 398 g/mol. The van der Waals surface area contributed by atoms with Crippen LogP contribution in [0.5, 0.6) is 11.5 Å². The molecule has 1 unspecified atom stereocenters. The van der Waals surface area contributed by atoms with Crippen molar-refractivity contribution < 1.29 is 4.74 Å². The first-order valence-corrected chi connectivity index (χ1v) is 10.6. The minimum absolute atomic E-state index is 0.393. The van der Waals surface area contributed by atoms with Crippen LogP contribution < -0.4 is 9.64 Å². The van der Waals surface area contributed by atoms with Gasteiger partial charge < -0.3 is 9.64 Å². The molecule has 6 nitrogen and oxygen atoms in total. The standard InChI is InChI=1S/C23H22ClN5O/c1-16-7-5-6-14-28(16)22-20(21(24)27-23-25-15-26-29(22)23)17-10-12-19(13-11-17)30-18-8-3-2-4-9-18/h2-4,8-13,15-16H,5-7,14H2,1H3. The van der Waals surface area contributed by atoms with Gasteiger partial charge in [-0.2, -0.15) is 19.6 Å². The van der Waals surface area contributed by atoms with Gasteiger partial charge in [0.1, 0.15) is 28.8 Å². The molecule has 1 fully saturated rings. The van der Waals surface area contributed by atoms with Crippen LogP contribution in [0.3, 0.4) is 0 Å². The largest absolute Gasteiger partial charge is 0.457 e. The van der Waals surface area contributed by atoms with E-state index in [-0.39, 0.29) is 0 Å². The number of piperidine rings is 1. The molecule has 5 rings (SSSR count). The number of ether oxygens (including phenoxy) is 1. The van der Waals surface area contributed by atoms with Gasteiger partial charge in [-0.3, -0.25) is 0 Å². The molecule has 4 aromatic rings. The molecule has 2 aromatic heterocycles. The summed E-state index contributed by atoms with van der Waals surface area (Å²) in [5, 5.41) is 4.88. The molecule has 0 spiro atoms. The third-order valence-corrected chi connectivity index (χ3v) is 5.83. The SMILES string of the molecule is CC1CCCCN1c1c(-c2ccc(Oc3ccccc3)cc2)c(Cl)nc2ncnn12. The van der Waals surface area contributed by atoms with Crippen LogP contribution in [0.2, 0.25) is 5.15 Å². The summed E-state index contributed by atoms with van der Waals surface area (Å²) in [6, 6.07) is 18.1. The van der Waals surface area contributed by atoms with E-state index >= 15 is 0 Å². The van der Waals surface area contributed by atoms with E-state index in [4.69, 9.17) is 16.3 Å². The molecule has 7 heteroatoms. The molecule has 0 saturated carbocycles. The molecule has 2 aromatic carbocycles. The highest BCUT2D eigenvalue weighted by atomic mass is 35.5. The Morgan fingerprint density at radius 3 is 2.53 bits per heavy atom. The summed E-state index contributed by atoms with van der Waals surface area (Å²) >= 11 is 6.69. The van der Waals surface area contributed by atoms with Crippen LogP contribution in [0.1, 0.15) is 26.2 Å². The van der Waals surface area contributed by atoms with Crippen LogP contribution in [0.15, 0.2) is 60.9 Å². The first-order valence-electron chi connectivity index (χ1n) is 10.2. The maximum absolute atomic E-state index is 6.69. The third-order valence-electron chi connectivity index (χ3n) is 5.56. The van der Waals surface area contributed by atoms with E-state index in [1.54, 1.807) is 4.52 Å². The molecule has 0 amide bonds. The zero-order valence-corrected chi connectivity index (χ0v) is 17.5. The highest BCUT2D eigenvalue weighted by Crippen LogP contribution is 2.39. The first kappa shape index (κ1) is 18.9. The van der Waals surface area contributed by atoms with Crippen LogP contribution in [-0.2, 0) is 0 Å². The average molecular weight is 420 g/mol. The second-order valence-corrected chi connectivity index (χ2v) is 7.91. The summed E-state index contributed by atoms with van der Waals surface area (Å²) in [7, 11) is 0. The zero-order chi connectivity index (χ0) is 20.5. The number of aromatic nitrogens is 4. The van der Waals surface area contributed by atoms with Crippen molar-refractivity contribution in [3.63, 3.8) is 0 Å². The van der Waals surface area contributed by atoms with Gasteiger partial charge in [0.25, 0.3) is 5.78 Å². The van der Waals surface area contributed by atoms with Crippen molar-refractivity contribution in [3.8, 4) is 22.6 Å². The highest BCUT2D eigenvalue weighted by Gasteiger charge is 2.27. The van der Waals surface area contributed by atoms with Gasteiger partial charge in [-0.1, -0.05) is 41.9 Å². The summed E-state index contributed by atoms with van der Waals surface area (Å²) in [5.41, 5.74) is 1.84. The van der Waals surface area contributed by atoms with Gasteiger partial charge in [-0.25, -0.2) is 0 Å². The lowest BCUT2D eigenvalue weighted by Crippen LogP contribution is -2.39. The van der Waals surface area contributed by atoms with Gasteiger partial charge in [0.05, 0.1) is 5.56 Å². The Hall–Kier alpha value is -3.12. The number of hydrogen-bond acceptors (Lipinski definition) is 5. The number of hydrogen-bond donors (Lipinski definition) is 0. The van der Waals surface area contributed by atoms with Crippen LogP contribution in [0, 0.1) is 0 Å². The van der Waals surface area contributed by atoms with Crippen molar-refractivity contribution in [1.29, 1.82) is 0 Å². The predicted molar refractivity (Wildman–Crippen MR) is 118 cm³/mol. The van der Waals surface area contributed by atoms with Gasteiger partial charge in [-0.05, 0) is 56.0 Å². The fourth-order valence-electron chi connectivity index (χ4n) is 4.04. The summed E-state index contributed by atoms with van der Waals surface area (Å²) < 4.78 is 7.74. The summed E-state index contributed by atoms with van der Waals surface area (Å²) in [6.45, 7) is 3.20. The predicted octanol–water partition coefficient (Wildman–Crippen LogP) is 5.62. The van der Waals surface area contributed by atoms with Crippen molar-refractivity contribution in [1.82, 2.24) is 19.6 Å². The Labute approximate surface area is 180 Å². The summed E-state index contributed by atoms with van der Waals surface area (Å²) in [4.78, 5) is 11.1. The number of anilines is 1. The molecule has 1 aliphatic rings. The van der Waals surface area contributed by atoms with Gasteiger partial charge in [0.15, 0.2) is 0 Å². The Morgan fingerprint density at radius 1 is 1.00 bits per heavy atom. The molecule has 1 aliphatic heterocycles. The van der Waals surface area contributed by atoms with Gasteiger partial charge in [-0.15, -0.1) is 0 Å². The van der Waals surface area contributed by atoms with Gasteiger partial charge >= 0.3 is 0 Å². The van der Waals surface area contributed by atoms with Crippen molar-refractivity contribution in [2.45, 2.75) is 32.2 Å². The van der Waals surface area contributed by atoms with Crippen LogP contribution in [0.4, 0.5) is 5.82 Å². The second-order valence-electron chi connectivity index (χ2n) is 7.55. The monoisotopic (exact) mass is 419 g/mol. The van der Waals surface area contributed by atoms with Gasteiger partial charge in [0.2, 0.25) is 0 Å². The van der Waals surface area contributed by atoms with Crippen LogP contribution in [0.25, 0.3) is 16.9 Å². The molecule has 3 heterocycles. The van der Waals surface area contributed by atoms with Crippen molar-refractivity contribution in [3.05, 3.63) is 66.1 Å². The van der Waals surface area contributed by atoms with E-state index in [1.807, 2.05) is 54.6 Å². The molecule has 152 valence electrons. The third kappa shape index (κ3) is 3.48. The van der Waals surface area contributed by atoms with Crippen molar-refractivity contribution in [2.24, 2.45) is 0 Å². The number of fused-ring (bicyclic) bond motifs is 1. The number of nitrogens with zero attached hydrogens (tertiary/aromatic N) is 5. The van der Waals surface area contributed by atoms with Crippen LogP contribution >= 0.6 is 11.6 Å². The van der Waals surface area contributed by atoms with Gasteiger partial charge in [0, 0.05) is 12.6 Å². The lowest BCUT2D eigenvalue weighted by Gasteiger charge is -2.36. The Bertz CT molecular complexity index is 1160. The van der Waals surface area contributed by atoms with E-state index in [9.17, 15) is 0 Å². The van der Waals surface area contributed by atoms with Crippen molar-refractivity contribution in [2.75, 3.05) is 11.4 Å². The Morgan fingerprint density at radius 2 is 1.77 bits per heavy atom. The summed E-state index contributed by atoms with van der Waals surface area (Å²) in [5.74, 6) is 3.03. The number of rotatable bonds is 4. The average Bonchev–Trinajstić information content (AvgIpc) is 3.23. The van der Waals surface area contributed by atoms with E-state index in [0.717, 1.165) is 47.8 Å². The van der Waals surface area contributed by atoms with Crippen LogP contribution in [-0.4, -0.2) is 32.2 Å². The maximum atomic E-state index is 6.69. The Kier molecular flexibility index (Phi) is 5.01. The summed E-state index contributed by atoms with van der Waals surface area (Å²) in [6.07, 6.45) is 5.04. The first-order chi connectivity index (χ1) is 14.7. The molecule has 1 saturated heterocycles. The van der Waals surface area contributed by atoms with E-state index in [2.05, 4.69) is 26.9 Å². The molecule has 0 N–H and O–H groups in total. The lowest BCUT2D eigenvalue weighted by molar-refractivity contribution is 0.478. The molecular formula is C23H22ClN5O. The molecule has 30 heavy (non-hydrogen) atoms.